The lowest BCUT2D eigenvalue weighted by Crippen LogP contribution is -2.29. The minimum atomic E-state index is -0.0853. The maximum Gasteiger partial charge on any atom is 0.223 e. The van der Waals surface area contributed by atoms with E-state index in [1.807, 2.05) is 18.3 Å². The minimum Gasteiger partial charge on any atom is -0.508 e. The lowest BCUT2D eigenvalue weighted by Gasteiger charge is -2.27. The molecule has 1 aromatic heterocycles. The highest BCUT2D eigenvalue weighted by molar-refractivity contribution is 7.15. The van der Waals surface area contributed by atoms with Crippen LogP contribution in [-0.4, -0.2) is 34.0 Å². The Kier molecular flexibility index (Phi) is 5.27. The summed E-state index contributed by atoms with van der Waals surface area (Å²) in [4.78, 5) is 18.9. The number of benzene rings is 1. The van der Waals surface area contributed by atoms with E-state index in [1.165, 1.54) is 28.7 Å². The highest BCUT2D eigenvalue weighted by Gasteiger charge is 2.15. The standard InChI is InChI=1S/C18H21N3O2S/c1-13(22)20-18-19-11-17(24-18)12-21-8-6-15(7-9-21)10-14-2-4-16(23)5-3-14/h2-5,10-11,23H,6-9,12H2,1H3,(H,19,20,22). The zero-order chi connectivity index (χ0) is 16.9. The number of anilines is 1. The second kappa shape index (κ2) is 7.59. The van der Waals surface area contributed by atoms with E-state index in [9.17, 15) is 9.90 Å². The first-order chi connectivity index (χ1) is 11.6. The van der Waals surface area contributed by atoms with Crippen molar-refractivity contribution in [3.63, 3.8) is 0 Å². The van der Waals surface area contributed by atoms with Gasteiger partial charge in [-0.1, -0.05) is 23.8 Å². The van der Waals surface area contributed by atoms with Crippen molar-refractivity contribution >= 4 is 28.5 Å². The topological polar surface area (TPSA) is 65.5 Å². The predicted molar refractivity (Wildman–Crippen MR) is 97.0 cm³/mol. The number of piperidine rings is 1. The van der Waals surface area contributed by atoms with Gasteiger partial charge in [-0.2, -0.15) is 0 Å². The number of hydrogen-bond donors (Lipinski definition) is 2. The van der Waals surface area contributed by atoms with E-state index in [0.717, 1.165) is 38.0 Å². The Morgan fingerprint density at radius 3 is 2.71 bits per heavy atom. The number of thiazole rings is 1. The number of phenols is 1. The molecule has 5 nitrogen and oxygen atoms in total. The Morgan fingerprint density at radius 2 is 2.04 bits per heavy atom. The molecule has 0 unspecified atom stereocenters. The zero-order valence-corrected chi connectivity index (χ0v) is 14.5. The van der Waals surface area contributed by atoms with Gasteiger partial charge in [0, 0.05) is 37.6 Å². The summed E-state index contributed by atoms with van der Waals surface area (Å²) in [7, 11) is 0. The predicted octanol–water partition coefficient (Wildman–Crippen LogP) is 3.49. The van der Waals surface area contributed by atoms with E-state index in [-0.39, 0.29) is 5.91 Å². The molecule has 0 spiro atoms. The van der Waals surface area contributed by atoms with Crippen molar-refractivity contribution in [2.24, 2.45) is 0 Å². The van der Waals surface area contributed by atoms with Crippen molar-refractivity contribution in [3.8, 4) is 5.75 Å². The van der Waals surface area contributed by atoms with Crippen molar-refractivity contribution in [2.45, 2.75) is 26.3 Å². The van der Waals surface area contributed by atoms with Crippen molar-refractivity contribution in [1.29, 1.82) is 0 Å². The van der Waals surface area contributed by atoms with Gasteiger partial charge in [0.1, 0.15) is 5.75 Å². The van der Waals surface area contributed by atoms with Gasteiger partial charge in [0.25, 0.3) is 0 Å². The van der Waals surface area contributed by atoms with E-state index >= 15 is 0 Å². The molecule has 0 aliphatic carbocycles. The Labute approximate surface area is 145 Å². The number of aromatic hydroxyl groups is 1. The normalized spacial score (nSPS) is 15.3. The molecule has 2 aromatic rings. The number of aromatic nitrogens is 1. The van der Waals surface area contributed by atoms with Crippen LogP contribution in [-0.2, 0) is 11.3 Å². The van der Waals surface area contributed by atoms with Crippen molar-refractivity contribution < 1.29 is 9.90 Å². The molecule has 1 amide bonds. The third kappa shape index (κ3) is 4.66. The van der Waals surface area contributed by atoms with Gasteiger partial charge >= 0.3 is 0 Å². The second-order valence-electron chi connectivity index (χ2n) is 5.98. The van der Waals surface area contributed by atoms with Gasteiger partial charge in [-0.15, -0.1) is 11.3 Å². The molecule has 1 aliphatic rings. The second-order valence-corrected chi connectivity index (χ2v) is 7.10. The lowest BCUT2D eigenvalue weighted by molar-refractivity contribution is -0.114. The summed E-state index contributed by atoms with van der Waals surface area (Å²) < 4.78 is 0. The molecule has 1 saturated heterocycles. The van der Waals surface area contributed by atoms with Gasteiger partial charge in [-0.3, -0.25) is 9.69 Å². The van der Waals surface area contributed by atoms with E-state index in [1.54, 1.807) is 12.1 Å². The molecule has 3 rings (SSSR count). The van der Waals surface area contributed by atoms with Crippen LogP contribution < -0.4 is 5.32 Å². The van der Waals surface area contributed by atoms with E-state index < -0.39 is 0 Å². The highest BCUT2D eigenvalue weighted by Crippen LogP contribution is 2.24. The molecule has 6 heteroatoms. The van der Waals surface area contributed by atoms with Gasteiger partial charge in [0.2, 0.25) is 5.91 Å². The summed E-state index contributed by atoms with van der Waals surface area (Å²) in [6.45, 7) is 4.42. The van der Waals surface area contributed by atoms with E-state index in [4.69, 9.17) is 0 Å². The lowest BCUT2D eigenvalue weighted by atomic mass is 10.0. The maximum absolute atomic E-state index is 11.0. The van der Waals surface area contributed by atoms with Crippen LogP contribution in [0.1, 0.15) is 30.2 Å². The molecule has 24 heavy (non-hydrogen) atoms. The summed E-state index contributed by atoms with van der Waals surface area (Å²) in [5.41, 5.74) is 2.58. The summed E-state index contributed by atoms with van der Waals surface area (Å²) in [5.74, 6) is 0.216. The average molecular weight is 343 g/mol. The number of nitrogens with zero attached hydrogens (tertiary/aromatic N) is 2. The molecule has 0 atom stereocenters. The number of carbonyl (C=O) groups excluding carboxylic acids is 1. The zero-order valence-electron chi connectivity index (χ0n) is 13.7. The Hall–Kier alpha value is -2.18. The summed E-state index contributed by atoms with van der Waals surface area (Å²) in [5, 5.41) is 12.7. The first-order valence-electron chi connectivity index (χ1n) is 8.01. The first-order valence-corrected chi connectivity index (χ1v) is 8.83. The Bertz CT molecular complexity index is 727. The number of phenolic OH excluding ortho intramolecular Hbond substituents is 1. The van der Waals surface area contributed by atoms with Crippen LogP contribution in [0.3, 0.4) is 0 Å². The van der Waals surface area contributed by atoms with Gasteiger partial charge < -0.3 is 10.4 Å². The van der Waals surface area contributed by atoms with Crippen LogP contribution in [0.15, 0.2) is 36.0 Å². The van der Waals surface area contributed by atoms with E-state index in [2.05, 4.69) is 21.3 Å². The number of nitrogens with one attached hydrogen (secondary N) is 1. The van der Waals surface area contributed by atoms with Crippen LogP contribution in [0.4, 0.5) is 5.13 Å². The van der Waals surface area contributed by atoms with Crippen molar-refractivity contribution in [2.75, 3.05) is 18.4 Å². The van der Waals surface area contributed by atoms with Gasteiger partial charge in [0.15, 0.2) is 5.13 Å². The molecular weight excluding hydrogens is 322 g/mol. The number of likely N-dealkylation sites (tertiary alicyclic amines) is 1. The fourth-order valence-corrected chi connectivity index (χ4v) is 3.66. The summed E-state index contributed by atoms with van der Waals surface area (Å²) in [6.07, 6.45) is 6.17. The third-order valence-corrected chi connectivity index (χ3v) is 4.88. The summed E-state index contributed by atoms with van der Waals surface area (Å²) in [6, 6.07) is 7.32. The monoisotopic (exact) mass is 343 g/mol. The molecule has 126 valence electrons. The minimum absolute atomic E-state index is 0.0853. The van der Waals surface area contributed by atoms with E-state index in [0.29, 0.717) is 10.9 Å². The number of amides is 1. The van der Waals surface area contributed by atoms with Crippen molar-refractivity contribution in [3.05, 3.63) is 46.5 Å². The molecule has 0 bridgehead atoms. The molecule has 1 fully saturated rings. The SMILES string of the molecule is CC(=O)Nc1ncc(CN2CCC(=Cc3ccc(O)cc3)CC2)s1. The molecule has 2 heterocycles. The fraction of sp³-hybridized carbons (Fsp3) is 0.333. The third-order valence-electron chi connectivity index (χ3n) is 3.98. The molecule has 0 saturated carbocycles. The van der Waals surface area contributed by atoms with Crippen LogP contribution in [0.2, 0.25) is 0 Å². The highest BCUT2D eigenvalue weighted by atomic mass is 32.1. The molecule has 0 radical (unpaired) electrons. The Morgan fingerprint density at radius 1 is 1.33 bits per heavy atom. The number of carbonyl (C=O) groups is 1. The Balaban J connectivity index is 1.52. The summed E-state index contributed by atoms with van der Waals surface area (Å²) >= 11 is 1.54. The number of hydrogen-bond acceptors (Lipinski definition) is 5. The maximum atomic E-state index is 11.0. The van der Waals surface area contributed by atoms with Crippen LogP contribution in [0.25, 0.3) is 6.08 Å². The van der Waals surface area contributed by atoms with Gasteiger partial charge in [0.05, 0.1) is 0 Å². The van der Waals surface area contributed by atoms with Crippen LogP contribution >= 0.6 is 11.3 Å². The van der Waals surface area contributed by atoms with Gasteiger partial charge in [-0.05, 0) is 30.5 Å². The molecule has 2 N–H and O–H groups in total. The largest absolute Gasteiger partial charge is 0.508 e. The van der Waals surface area contributed by atoms with Gasteiger partial charge in [-0.25, -0.2) is 4.98 Å². The average Bonchev–Trinajstić information content (AvgIpc) is 2.98. The molecule has 1 aliphatic heterocycles. The smallest absolute Gasteiger partial charge is 0.223 e. The molecule has 1 aromatic carbocycles. The van der Waals surface area contributed by atoms with Crippen LogP contribution in [0.5, 0.6) is 5.75 Å². The van der Waals surface area contributed by atoms with Crippen LogP contribution in [0, 0.1) is 0 Å². The quantitative estimate of drug-likeness (QED) is 0.892. The fourth-order valence-electron chi connectivity index (χ4n) is 2.76. The number of rotatable bonds is 4. The van der Waals surface area contributed by atoms with Crippen molar-refractivity contribution in [1.82, 2.24) is 9.88 Å². The first kappa shape index (κ1) is 16.7. The molecular formula is C18H21N3O2S.